The van der Waals surface area contributed by atoms with Crippen molar-refractivity contribution in [2.75, 3.05) is 6.54 Å². The molecule has 0 fully saturated rings. The quantitative estimate of drug-likeness (QED) is 0.311. The Morgan fingerprint density at radius 3 is 2.74 bits per heavy atom. The fraction of sp³-hybridized carbons (Fsp3) is 0.600. The van der Waals surface area contributed by atoms with Crippen LogP contribution in [0.5, 0.6) is 0 Å². The van der Waals surface area contributed by atoms with Gasteiger partial charge in [0.2, 0.25) is 0 Å². The minimum Gasteiger partial charge on any atom is -0.409 e. The molecule has 9 heteroatoms. The van der Waals surface area contributed by atoms with E-state index in [1.165, 1.54) is 0 Å². The van der Waals surface area contributed by atoms with Gasteiger partial charge in [-0.25, -0.2) is 4.98 Å². The molecule has 6 nitrogen and oxygen atoms in total. The Morgan fingerprint density at radius 1 is 1.58 bits per heavy atom. The number of aromatic nitrogens is 2. The molecule has 1 rings (SSSR count). The van der Waals surface area contributed by atoms with Gasteiger partial charge in [-0.05, 0) is 6.92 Å². The van der Waals surface area contributed by atoms with Crippen molar-refractivity contribution in [3.8, 4) is 0 Å². The summed E-state index contributed by atoms with van der Waals surface area (Å²) in [5.74, 6) is -2.86. The van der Waals surface area contributed by atoms with E-state index in [2.05, 4.69) is 15.5 Å². The largest absolute Gasteiger partial charge is 0.409 e. The van der Waals surface area contributed by atoms with Crippen LogP contribution in [-0.2, 0) is 6.54 Å². The molecule has 0 aliphatic carbocycles. The predicted molar refractivity (Wildman–Crippen MR) is 62.6 cm³/mol. The van der Waals surface area contributed by atoms with Crippen LogP contribution in [0, 0.1) is 5.92 Å². The number of hydrogen-bond acceptors (Lipinski definition) is 4. The van der Waals surface area contributed by atoms with Crippen LogP contribution in [0.3, 0.4) is 0 Å². The van der Waals surface area contributed by atoms with Gasteiger partial charge in [0.25, 0.3) is 0 Å². The zero-order valence-electron chi connectivity index (χ0n) is 10.3. The monoisotopic (exact) mass is 279 g/mol. The second kappa shape index (κ2) is 6.41. The van der Waals surface area contributed by atoms with E-state index in [-0.39, 0.29) is 6.04 Å². The smallest absolute Gasteiger partial charge is 0.400 e. The SMILES string of the molecule is CC(Cn1ccnc1)NCC(/C(N)=N/O)C(F)(F)F. The Bertz CT molecular complexity index is 404. The van der Waals surface area contributed by atoms with Gasteiger partial charge < -0.3 is 20.8 Å². The Hall–Kier alpha value is -1.77. The first kappa shape index (κ1) is 15.3. The van der Waals surface area contributed by atoms with Crippen LogP contribution in [0.4, 0.5) is 13.2 Å². The van der Waals surface area contributed by atoms with Crippen molar-refractivity contribution in [1.82, 2.24) is 14.9 Å². The Labute approximate surface area is 108 Å². The summed E-state index contributed by atoms with van der Waals surface area (Å²) >= 11 is 0. The molecule has 0 aromatic carbocycles. The number of nitrogens with one attached hydrogen (secondary N) is 1. The molecule has 108 valence electrons. The summed E-state index contributed by atoms with van der Waals surface area (Å²) < 4.78 is 39.7. The maximum atomic E-state index is 12.7. The molecule has 0 aliphatic heterocycles. The first-order valence-electron chi connectivity index (χ1n) is 5.58. The summed E-state index contributed by atoms with van der Waals surface area (Å²) in [6, 6.07) is -0.217. The fourth-order valence-corrected chi connectivity index (χ4v) is 1.55. The standard InChI is InChI=1S/C10H16F3N5O/c1-7(5-18-3-2-15-6-18)16-4-8(9(14)17-19)10(11,12)13/h2-3,6-8,16,19H,4-5H2,1H3,(H2,14,17). The van der Waals surface area contributed by atoms with Crippen molar-refractivity contribution in [3.63, 3.8) is 0 Å². The molecular weight excluding hydrogens is 263 g/mol. The minimum atomic E-state index is -4.56. The maximum absolute atomic E-state index is 12.7. The lowest BCUT2D eigenvalue weighted by Crippen LogP contribution is -2.45. The average Bonchev–Trinajstić information content (AvgIpc) is 2.79. The summed E-state index contributed by atoms with van der Waals surface area (Å²) in [5.41, 5.74) is 5.05. The molecular formula is C10H16F3N5O. The van der Waals surface area contributed by atoms with E-state index in [1.807, 2.05) is 0 Å². The number of nitrogens with two attached hydrogens (primary N) is 1. The van der Waals surface area contributed by atoms with Crippen molar-refractivity contribution < 1.29 is 18.4 Å². The van der Waals surface area contributed by atoms with Crippen LogP contribution in [0.1, 0.15) is 6.92 Å². The molecule has 0 saturated carbocycles. The van der Waals surface area contributed by atoms with E-state index in [9.17, 15) is 13.2 Å². The van der Waals surface area contributed by atoms with Crippen LogP contribution in [0.2, 0.25) is 0 Å². The van der Waals surface area contributed by atoms with Gasteiger partial charge in [0.05, 0.1) is 6.33 Å². The molecule has 0 spiro atoms. The number of oxime groups is 1. The second-order valence-corrected chi connectivity index (χ2v) is 4.19. The Morgan fingerprint density at radius 2 is 2.26 bits per heavy atom. The number of rotatable bonds is 6. The number of nitrogens with zero attached hydrogens (tertiary/aromatic N) is 3. The van der Waals surface area contributed by atoms with Gasteiger partial charge in [0.15, 0.2) is 5.84 Å². The van der Waals surface area contributed by atoms with Crippen molar-refractivity contribution in [1.29, 1.82) is 0 Å². The van der Waals surface area contributed by atoms with Crippen molar-refractivity contribution >= 4 is 5.84 Å². The third-order valence-electron chi connectivity index (χ3n) is 2.58. The summed E-state index contributed by atoms with van der Waals surface area (Å²) in [7, 11) is 0. The molecule has 0 bridgehead atoms. The fourth-order valence-electron chi connectivity index (χ4n) is 1.55. The lowest BCUT2D eigenvalue weighted by Gasteiger charge is -2.22. The first-order chi connectivity index (χ1) is 8.84. The van der Waals surface area contributed by atoms with Gasteiger partial charge in [-0.2, -0.15) is 13.2 Å². The normalized spacial score (nSPS) is 16.3. The highest BCUT2D eigenvalue weighted by Crippen LogP contribution is 2.25. The number of hydrogen-bond donors (Lipinski definition) is 3. The Balaban J connectivity index is 2.52. The number of amidine groups is 1. The molecule has 1 aromatic rings. The first-order valence-corrected chi connectivity index (χ1v) is 5.58. The average molecular weight is 279 g/mol. The van der Waals surface area contributed by atoms with Crippen molar-refractivity contribution in [2.45, 2.75) is 25.7 Å². The van der Waals surface area contributed by atoms with E-state index >= 15 is 0 Å². The number of alkyl halides is 3. The summed E-state index contributed by atoms with van der Waals surface area (Å²) in [4.78, 5) is 3.83. The van der Waals surface area contributed by atoms with Crippen LogP contribution >= 0.6 is 0 Å². The van der Waals surface area contributed by atoms with E-state index in [1.54, 1.807) is 30.2 Å². The van der Waals surface area contributed by atoms with Gasteiger partial charge in [-0.3, -0.25) is 0 Å². The summed E-state index contributed by atoms with van der Waals surface area (Å²) in [5, 5.41) is 13.5. The second-order valence-electron chi connectivity index (χ2n) is 4.19. The maximum Gasteiger partial charge on any atom is 0.400 e. The molecule has 19 heavy (non-hydrogen) atoms. The van der Waals surface area contributed by atoms with Crippen molar-refractivity contribution in [3.05, 3.63) is 18.7 Å². The number of halogens is 3. The molecule has 1 heterocycles. The molecule has 0 saturated heterocycles. The molecule has 0 amide bonds. The lowest BCUT2D eigenvalue weighted by atomic mass is 10.1. The molecule has 4 N–H and O–H groups in total. The zero-order chi connectivity index (χ0) is 14.5. The van der Waals surface area contributed by atoms with Crippen LogP contribution in [0.15, 0.2) is 23.9 Å². The predicted octanol–water partition coefficient (Wildman–Crippen LogP) is 0.786. The highest BCUT2D eigenvalue weighted by atomic mass is 19.4. The van der Waals surface area contributed by atoms with E-state index in [4.69, 9.17) is 10.9 Å². The van der Waals surface area contributed by atoms with E-state index in [0.717, 1.165) is 0 Å². The van der Waals surface area contributed by atoms with E-state index in [0.29, 0.717) is 6.54 Å². The van der Waals surface area contributed by atoms with Crippen LogP contribution in [-0.4, -0.2) is 39.4 Å². The van der Waals surface area contributed by atoms with Crippen molar-refractivity contribution in [2.24, 2.45) is 16.8 Å². The molecule has 2 unspecified atom stereocenters. The van der Waals surface area contributed by atoms with Gasteiger partial charge in [0, 0.05) is 31.5 Å². The zero-order valence-corrected chi connectivity index (χ0v) is 10.3. The van der Waals surface area contributed by atoms with E-state index < -0.39 is 24.5 Å². The van der Waals surface area contributed by atoms with Gasteiger partial charge in [-0.15, -0.1) is 0 Å². The van der Waals surface area contributed by atoms with Gasteiger partial charge in [-0.1, -0.05) is 5.16 Å². The van der Waals surface area contributed by atoms with Gasteiger partial charge in [0.1, 0.15) is 5.92 Å². The number of imidazole rings is 1. The Kier molecular flexibility index (Phi) is 5.16. The topological polar surface area (TPSA) is 88.5 Å². The summed E-state index contributed by atoms with van der Waals surface area (Å²) in [6.45, 7) is 1.76. The molecule has 1 aromatic heterocycles. The molecule has 0 radical (unpaired) electrons. The summed E-state index contributed by atoms with van der Waals surface area (Å²) in [6.07, 6.45) is 0.311. The highest BCUT2D eigenvalue weighted by molar-refractivity contribution is 5.83. The minimum absolute atomic E-state index is 0.217. The molecule has 0 aliphatic rings. The highest BCUT2D eigenvalue weighted by Gasteiger charge is 2.42. The molecule has 2 atom stereocenters. The van der Waals surface area contributed by atoms with Gasteiger partial charge >= 0.3 is 6.18 Å². The lowest BCUT2D eigenvalue weighted by molar-refractivity contribution is -0.155. The van der Waals surface area contributed by atoms with Crippen LogP contribution < -0.4 is 11.1 Å². The third kappa shape index (κ3) is 4.78. The van der Waals surface area contributed by atoms with Crippen LogP contribution in [0.25, 0.3) is 0 Å². The third-order valence-corrected chi connectivity index (χ3v) is 2.58.